The van der Waals surface area contributed by atoms with Crippen LogP contribution in [0.2, 0.25) is 0 Å². The third-order valence-electron chi connectivity index (χ3n) is 4.56. The summed E-state index contributed by atoms with van der Waals surface area (Å²) in [5, 5.41) is 3.67. The summed E-state index contributed by atoms with van der Waals surface area (Å²) >= 11 is 0. The summed E-state index contributed by atoms with van der Waals surface area (Å²) in [6.07, 6.45) is 4.75. The van der Waals surface area contributed by atoms with Gasteiger partial charge in [-0.05, 0) is 76.6 Å². The zero-order valence-corrected chi connectivity index (χ0v) is 14.9. The number of nitrogens with one attached hydrogen (secondary N) is 1. The molecule has 2 atom stereocenters. The van der Waals surface area contributed by atoms with E-state index in [2.05, 4.69) is 26.1 Å². The van der Waals surface area contributed by atoms with Gasteiger partial charge in [0, 0.05) is 6.04 Å². The van der Waals surface area contributed by atoms with Crippen LogP contribution >= 0.6 is 0 Å². The Hall–Kier alpha value is -1.15. The van der Waals surface area contributed by atoms with Crippen LogP contribution in [0.1, 0.15) is 59.4 Å². The lowest BCUT2D eigenvalue weighted by atomic mass is 9.90. The molecule has 0 amide bonds. The van der Waals surface area contributed by atoms with Crippen molar-refractivity contribution in [3.63, 3.8) is 0 Å². The van der Waals surface area contributed by atoms with E-state index in [-0.39, 0.29) is 5.82 Å². The monoisotopic (exact) mass is 305 g/mol. The van der Waals surface area contributed by atoms with Gasteiger partial charge in [0.05, 0.1) is 0 Å². The van der Waals surface area contributed by atoms with Crippen LogP contribution in [0.5, 0.6) is 0 Å². The fourth-order valence-electron chi connectivity index (χ4n) is 2.99. The van der Waals surface area contributed by atoms with Gasteiger partial charge in [-0.25, -0.2) is 4.39 Å². The molecule has 0 spiro atoms. The van der Waals surface area contributed by atoms with E-state index in [0.717, 1.165) is 13.0 Å². The Morgan fingerprint density at radius 3 is 2.27 bits per heavy atom. The molecule has 0 aliphatic carbocycles. The molecule has 1 aromatic carbocycles. The van der Waals surface area contributed by atoms with Crippen LogP contribution in [0.15, 0.2) is 35.4 Å². The maximum atomic E-state index is 12.9. The molecule has 124 valence electrons. The van der Waals surface area contributed by atoms with Gasteiger partial charge in [0.25, 0.3) is 0 Å². The lowest BCUT2D eigenvalue weighted by Crippen LogP contribution is -2.29. The Morgan fingerprint density at radius 1 is 1.05 bits per heavy atom. The Balaban J connectivity index is 0.00000116. The van der Waals surface area contributed by atoms with Crippen molar-refractivity contribution in [2.75, 3.05) is 6.54 Å². The highest BCUT2D eigenvalue weighted by atomic mass is 19.1. The molecule has 1 aliphatic rings. The predicted octanol–water partition coefficient (Wildman–Crippen LogP) is 5.51. The Bertz CT molecular complexity index is 457. The van der Waals surface area contributed by atoms with E-state index in [0.29, 0.717) is 12.0 Å². The third kappa shape index (κ3) is 5.92. The van der Waals surface area contributed by atoms with Crippen LogP contribution in [-0.2, 0) is 6.42 Å². The molecule has 2 unspecified atom stereocenters. The molecule has 1 N–H and O–H groups in total. The molecule has 1 saturated heterocycles. The number of rotatable bonds is 3. The molecule has 0 radical (unpaired) electrons. The summed E-state index contributed by atoms with van der Waals surface area (Å²) in [7, 11) is 0. The van der Waals surface area contributed by atoms with Gasteiger partial charge in [0.1, 0.15) is 5.82 Å². The topological polar surface area (TPSA) is 12.0 Å². The minimum absolute atomic E-state index is 0.143. The Morgan fingerprint density at radius 2 is 1.68 bits per heavy atom. The highest BCUT2D eigenvalue weighted by Gasteiger charge is 2.20. The summed E-state index contributed by atoms with van der Waals surface area (Å²) in [6, 6.07) is 7.53. The van der Waals surface area contributed by atoms with E-state index in [1.807, 2.05) is 26.0 Å². The van der Waals surface area contributed by atoms with Gasteiger partial charge < -0.3 is 5.32 Å². The SMILES string of the molecule is CC.CC(C)=C(C)C1CCC(Cc2ccc(F)cc2)CCN1. The van der Waals surface area contributed by atoms with Gasteiger partial charge in [-0.1, -0.05) is 37.1 Å². The molecule has 1 nitrogen and oxygen atoms in total. The maximum Gasteiger partial charge on any atom is 0.123 e. The summed E-state index contributed by atoms with van der Waals surface area (Å²) in [5.41, 5.74) is 4.18. The van der Waals surface area contributed by atoms with Crippen molar-refractivity contribution in [2.24, 2.45) is 5.92 Å². The molecule has 2 heteroatoms. The van der Waals surface area contributed by atoms with E-state index in [4.69, 9.17) is 0 Å². The lowest BCUT2D eigenvalue weighted by molar-refractivity contribution is 0.465. The second-order valence-electron chi connectivity index (χ2n) is 6.25. The van der Waals surface area contributed by atoms with Crippen molar-refractivity contribution >= 4 is 0 Å². The third-order valence-corrected chi connectivity index (χ3v) is 4.56. The zero-order valence-electron chi connectivity index (χ0n) is 14.9. The minimum atomic E-state index is -0.143. The van der Waals surface area contributed by atoms with Crippen LogP contribution in [0.4, 0.5) is 4.39 Å². The largest absolute Gasteiger partial charge is 0.310 e. The lowest BCUT2D eigenvalue weighted by Gasteiger charge is -2.18. The van der Waals surface area contributed by atoms with Gasteiger partial charge in [-0.15, -0.1) is 0 Å². The van der Waals surface area contributed by atoms with Gasteiger partial charge in [-0.3, -0.25) is 0 Å². The molecule has 1 aromatic rings. The minimum Gasteiger partial charge on any atom is -0.310 e. The molecular formula is C20H32FN. The summed E-state index contributed by atoms with van der Waals surface area (Å²) in [5.74, 6) is 0.568. The van der Waals surface area contributed by atoms with E-state index in [1.165, 1.54) is 36.0 Å². The smallest absolute Gasteiger partial charge is 0.123 e. The Labute approximate surface area is 136 Å². The van der Waals surface area contributed by atoms with Crippen molar-refractivity contribution in [3.05, 3.63) is 46.8 Å². The first-order valence-corrected chi connectivity index (χ1v) is 8.68. The first-order valence-electron chi connectivity index (χ1n) is 8.68. The van der Waals surface area contributed by atoms with Crippen molar-refractivity contribution in [1.29, 1.82) is 0 Å². The highest BCUT2D eigenvalue weighted by molar-refractivity contribution is 5.17. The number of hydrogen-bond acceptors (Lipinski definition) is 1. The van der Waals surface area contributed by atoms with E-state index in [1.54, 1.807) is 12.1 Å². The van der Waals surface area contributed by atoms with Crippen LogP contribution in [0.3, 0.4) is 0 Å². The number of allylic oxidation sites excluding steroid dienone is 1. The fraction of sp³-hybridized carbons (Fsp3) is 0.600. The van der Waals surface area contributed by atoms with Crippen molar-refractivity contribution in [2.45, 2.75) is 66.3 Å². The van der Waals surface area contributed by atoms with E-state index in [9.17, 15) is 4.39 Å². The highest BCUT2D eigenvalue weighted by Crippen LogP contribution is 2.24. The molecule has 2 rings (SSSR count). The first kappa shape index (κ1) is 18.9. The van der Waals surface area contributed by atoms with Crippen molar-refractivity contribution < 1.29 is 4.39 Å². The van der Waals surface area contributed by atoms with Crippen molar-refractivity contribution in [1.82, 2.24) is 5.32 Å². The van der Waals surface area contributed by atoms with Crippen LogP contribution in [0, 0.1) is 11.7 Å². The summed E-state index contributed by atoms with van der Waals surface area (Å²) in [4.78, 5) is 0. The van der Waals surface area contributed by atoms with Crippen LogP contribution in [-0.4, -0.2) is 12.6 Å². The number of halogens is 1. The molecule has 0 aromatic heterocycles. The molecule has 1 heterocycles. The number of benzene rings is 1. The molecule has 22 heavy (non-hydrogen) atoms. The van der Waals surface area contributed by atoms with Crippen LogP contribution < -0.4 is 5.32 Å². The predicted molar refractivity (Wildman–Crippen MR) is 94.6 cm³/mol. The first-order chi connectivity index (χ1) is 10.6. The summed E-state index contributed by atoms with van der Waals surface area (Å²) < 4.78 is 12.9. The fourth-order valence-corrected chi connectivity index (χ4v) is 2.99. The van der Waals surface area contributed by atoms with Gasteiger partial charge in [-0.2, -0.15) is 0 Å². The van der Waals surface area contributed by atoms with Gasteiger partial charge in [0.2, 0.25) is 0 Å². The molecule has 0 bridgehead atoms. The average molecular weight is 305 g/mol. The zero-order chi connectivity index (χ0) is 16.5. The standard InChI is InChI=1S/C18H26FN.C2H6/c1-13(2)14(3)18-9-6-16(10-11-20-18)12-15-4-7-17(19)8-5-15;1-2/h4-5,7-8,16,18,20H,6,9-12H2,1-3H3;1-2H3. The normalized spacial score (nSPS) is 21.4. The second kappa shape index (κ2) is 9.78. The molecular weight excluding hydrogens is 273 g/mol. The van der Waals surface area contributed by atoms with Crippen molar-refractivity contribution in [3.8, 4) is 0 Å². The average Bonchev–Trinajstić information content (AvgIpc) is 2.76. The molecule has 1 fully saturated rings. The van der Waals surface area contributed by atoms with Gasteiger partial charge in [0.15, 0.2) is 0 Å². The van der Waals surface area contributed by atoms with Crippen LogP contribution in [0.25, 0.3) is 0 Å². The molecule has 0 saturated carbocycles. The van der Waals surface area contributed by atoms with Gasteiger partial charge >= 0.3 is 0 Å². The summed E-state index contributed by atoms with van der Waals surface area (Å²) in [6.45, 7) is 11.7. The Kier molecular flexibility index (Phi) is 8.40. The van der Waals surface area contributed by atoms with E-state index < -0.39 is 0 Å². The quantitative estimate of drug-likeness (QED) is 0.726. The maximum absolute atomic E-state index is 12.9. The molecule has 1 aliphatic heterocycles. The second-order valence-corrected chi connectivity index (χ2v) is 6.25. The van der Waals surface area contributed by atoms with E-state index >= 15 is 0 Å². The number of hydrogen-bond donors (Lipinski definition) is 1.